The van der Waals surface area contributed by atoms with Gasteiger partial charge in [-0.15, -0.1) is 0 Å². The number of nitrogens with two attached hydrogens (primary N) is 1. The van der Waals surface area contributed by atoms with E-state index in [1.165, 1.54) is 0 Å². The van der Waals surface area contributed by atoms with Crippen molar-refractivity contribution in [2.75, 3.05) is 12.3 Å². The minimum Gasteiger partial charge on any atom is -0.381 e. The third kappa shape index (κ3) is 3.15. The Labute approximate surface area is 121 Å². The molecule has 0 saturated heterocycles. The highest BCUT2D eigenvalue weighted by molar-refractivity contribution is 7.89. The first-order valence-corrected chi connectivity index (χ1v) is 8.65. The number of nitrogen functional groups attached to an aromatic ring is 1. The highest BCUT2D eigenvalue weighted by Gasteiger charge is 2.35. The maximum atomic E-state index is 12.8. The van der Waals surface area contributed by atoms with Crippen molar-refractivity contribution in [3.8, 4) is 0 Å². The summed E-state index contributed by atoms with van der Waals surface area (Å²) in [5.41, 5.74) is 5.80. The molecule has 0 aliphatic heterocycles. The molecule has 1 fully saturated rings. The zero-order valence-electron chi connectivity index (χ0n) is 12.4. The van der Waals surface area contributed by atoms with E-state index in [0.29, 0.717) is 19.0 Å². The summed E-state index contributed by atoms with van der Waals surface area (Å²) in [4.78, 5) is 0.139. The van der Waals surface area contributed by atoms with Crippen molar-refractivity contribution < 1.29 is 8.42 Å². The first kappa shape index (κ1) is 15.3. The monoisotopic (exact) mass is 300 g/mol. The van der Waals surface area contributed by atoms with E-state index in [9.17, 15) is 8.42 Å². The zero-order chi connectivity index (χ0) is 14.9. The van der Waals surface area contributed by atoms with Crippen LogP contribution in [0.15, 0.2) is 11.1 Å². The van der Waals surface area contributed by atoms with Gasteiger partial charge in [-0.25, -0.2) is 8.42 Å². The molecule has 1 heterocycles. The van der Waals surface area contributed by atoms with Gasteiger partial charge in [-0.05, 0) is 39.0 Å². The molecule has 1 aliphatic carbocycles. The van der Waals surface area contributed by atoms with Crippen LogP contribution in [0.5, 0.6) is 0 Å². The molecule has 0 aromatic carbocycles. The van der Waals surface area contributed by atoms with Crippen LogP contribution in [0.4, 0.5) is 5.82 Å². The largest absolute Gasteiger partial charge is 0.381 e. The highest BCUT2D eigenvalue weighted by Crippen LogP contribution is 2.33. The van der Waals surface area contributed by atoms with Gasteiger partial charge < -0.3 is 5.73 Å². The molecular weight excluding hydrogens is 276 g/mol. The van der Waals surface area contributed by atoms with Gasteiger partial charge >= 0.3 is 0 Å². The van der Waals surface area contributed by atoms with Crippen LogP contribution in [0.25, 0.3) is 0 Å². The Morgan fingerprint density at radius 2 is 2.15 bits per heavy atom. The van der Waals surface area contributed by atoms with Gasteiger partial charge in [-0.2, -0.15) is 9.40 Å². The number of hydrogen-bond donors (Lipinski definition) is 1. The second-order valence-electron chi connectivity index (χ2n) is 5.75. The lowest BCUT2D eigenvalue weighted by molar-refractivity contribution is 0.342. The predicted octanol–water partition coefficient (Wildman–Crippen LogP) is 1.68. The Balaban J connectivity index is 2.31. The molecule has 0 bridgehead atoms. The minimum atomic E-state index is -3.56. The van der Waals surface area contributed by atoms with E-state index in [0.717, 1.165) is 19.3 Å². The van der Waals surface area contributed by atoms with Crippen LogP contribution in [0.1, 0.15) is 40.0 Å². The SMILES string of the molecule is CCCn1cc(S(=O)(=O)N(CC2CC2)C(C)C)c(N)n1. The van der Waals surface area contributed by atoms with E-state index in [2.05, 4.69) is 5.10 Å². The van der Waals surface area contributed by atoms with Gasteiger partial charge in [-0.1, -0.05) is 6.92 Å². The second kappa shape index (κ2) is 5.73. The van der Waals surface area contributed by atoms with Gasteiger partial charge in [0.15, 0.2) is 5.82 Å². The number of rotatable bonds is 7. The smallest absolute Gasteiger partial charge is 0.248 e. The molecule has 0 amide bonds. The predicted molar refractivity (Wildman–Crippen MR) is 78.7 cm³/mol. The number of aryl methyl sites for hydroxylation is 1. The number of nitrogens with zero attached hydrogens (tertiary/aromatic N) is 3. The first-order valence-electron chi connectivity index (χ1n) is 7.21. The van der Waals surface area contributed by atoms with Crippen molar-refractivity contribution in [3.63, 3.8) is 0 Å². The normalized spacial score (nSPS) is 16.2. The number of anilines is 1. The highest BCUT2D eigenvalue weighted by atomic mass is 32.2. The second-order valence-corrected chi connectivity index (χ2v) is 7.61. The van der Waals surface area contributed by atoms with Crippen molar-refractivity contribution in [3.05, 3.63) is 6.20 Å². The maximum Gasteiger partial charge on any atom is 0.248 e. The summed E-state index contributed by atoms with van der Waals surface area (Å²) in [5.74, 6) is 0.596. The molecular formula is C13H24N4O2S. The maximum absolute atomic E-state index is 12.8. The summed E-state index contributed by atoms with van der Waals surface area (Å²) in [7, 11) is -3.56. The van der Waals surface area contributed by atoms with Gasteiger partial charge in [0.25, 0.3) is 0 Å². The molecule has 7 heteroatoms. The number of aromatic nitrogens is 2. The molecule has 0 unspecified atom stereocenters. The fourth-order valence-corrected chi connectivity index (χ4v) is 4.00. The van der Waals surface area contributed by atoms with E-state index in [1.54, 1.807) is 15.2 Å². The van der Waals surface area contributed by atoms with Gasteiger partial charge in [0.2, 0.25) is 10.0 Å². The summed E-state index contributed by atoms with van der Waals surface area (Å²) >= 11 is 0. The lowest BCUT2D eigenvalue weighted by Crippen LogP contribution is -2.38. The molecule has 1 aromatic rings. The van der Waals surface area contributed by atoms with E-state index >= 15 is 0 Å². The number of sulfonamides is 1. The van der Waals surface area contributed by atoms with Gasteiger partial charge in [0.05, 0.1) is 0 Å². The fourth-order valence-electron chi connectivity index (χ4n) is 2.23. The van der Waals surface area contributed by atoms with Crippen LogP contribution < -0.4 is 5.73 Å². The summed E-state index contributed by atoms with van der Waals surface area (Å²) in [5, 5.41) is 4.09. The molecule has 1 aromatic heterocycles. The van der Waals surface area contributed by atoms with Crippen LogP contribution in [0.2, 0.25) is 0 Å². The molecule has 20 heavy (non-hydrogen) atoms. The van der Waals surface area contributed by atoms with E-state index in [1.807, 2.05) is 20.8 Å². The molecule has 114 valence electrons. The lowest BCUT2D eigenvalue weighted by Gasteiger charge is -2.25. The molecule has 2 N–H and O–H groups in total. The topological polar surface area (TPSA) is 81.2 Å². The van der Waals surface area contributed by atoms with Gasteiger partial charge in [0, 0.05) is 25.3 Å². The summed E-state index contributed by atoms with van der Waals surface area (Å²) in [6.45, 7) is 7.06. The Kier molecular flexibility index (Phi) is 4.39. The molecule has 1 saturated carbocycles. The quantitative estimate of drug-likeness (QED) is 0.830. The molecule has 0 radical (unpaired) electrons. The first-order chi connectivity index (χ1) is 9.36. The van der Waals surface area contributed by atoms with Crippen molar-refractivity contribution in [2.45, 2.75) is 57.5 Å². The van der Waals surface area contributed by atoms with E-state index in [-0.39, 0.29) is 16.8 Å². The van der Waals surface area contributed by atoms with Crippen molar-refractivity contribution in [2.24, 2.45) is 5.92 Å². The third-order valence-corrected chi connectivity index (χ3v) is 5.56. The Morgan fingerprint density at radius 3 is 2.65 bits per heavy atom. The molecule has 0 atom stereocenters. The van der Waals surface area contributed by atoms with Crippen molar-refractivity contribution in [1.29, 1.82) is 0 Å². The molecule has 0 spiro atoms. The Hall–Kier alpha value is -1.08. The van der Waals surface area contributed by atoms with Crippen LogP contribution in [-0.2, 0) is 16.6 Å². The minimum absolute atomic E-state index is 0.0745. The summed E-state index contributed by atoms with van der Waals surface area (Å²) in [6.07, 6.45) is 4.67. The van der Waals surface area contributed by atoms with Crippen molar-refractivity contribution in [1.82, 2.24) is 14.1 Å². The Bertz CT molecular complexity index is 561. The standard InChI is InChI=1S/C13H24N4O2S/c1-4-7-16-9-12(13(14)15-16)20(18,19)17(10(2)3)8-11-5-6-11/h9-11H,4-8H2,1-3H3,(H2,14,15). The van der Waals surface area contributed by atoms with E-state index < -0.39 is 10.0 Å². The van der Waals surface area contributed by atoms with Crippen LogP contribution in [0.3, 0.4) is 0 Å². The fraction of sp³-hybridized carbons (Fsp3) is 0.769. The third-order valence-electron chi connectivity index (χ3n) is 3.51. The lowest BCUT2D eigenvalue weighted by atomic mass is 10.3. The molecule has 1 aliphatic rings. The van der Waals surface area contributed by atoms with Crippen LogP contribution >= 0.6 is 0 Å². The number of hydrogen-bond acceptors (Lipinski definition) is 4. The van der Waals surface area contributed by atoms with Gasteiger partial charge in [-0.3, -0.25) is 4.68 Å². The van der Waals surface area contributed by atoms with E-state index in [4.69, 9.17) is 5.73 Å². The average molecular weight is 300 g/mol. The zero-order valence-corrected chi connectivity index (χ0v) is 13.2. The molecule has 2 rings (SSSR count). The van der Waals surface area contributed by atoms with Crippen LogP contribution in [-0.4, -0.2) is 35.1 Å². The van der Waals surface area contributed by atoms with Gasteiger partial charge in [0.1, 0.15) is 4.90 Å². The molecule has 6 nitrogen and oxygen atoms in total. The summed E-state index contributed by atoms with van der Waals surface area (Å²) < 4.78 is 28.7. The van der Waals surface area contributed by atoms with Crippen molar-refractivity contribution >= 4 is 15.8 Å². The summed E-state index contributed by atoms with van der Waals surface area (Å²) in [6, 6.07) is -0.0745. The average Bonchev–Trinajstić information content (AvgIpc) is 3.09. The van der Waals surface area contributed by atoms with Crippen LogP contribution in [0, 0.1) is 5.92 Å². The Morgan fingerprint density at radius 1 is 1.50 bits per heavy atom.